The van der Waals surface area contributed by atoms with Crippen LogP contribution in [0.5, 0.6) is 5.75 Å². The topological polar surface area (TPSA) is 101 Å². The molecule has 1 fully saturated rings. The van der Waals surface area contributed by atoms with Crippen molar-refractivity contribution in [3.63, 3.8) is 0 Å². The van der Waals surface area contributed by atoms with Gasteiger partial charge >= 0.3 is 5.97 Å². The number of esters is 1. The average Bonchev–Trinajstić information content (AvgIpc) is 3.04. The molecule has 1 aliphatic heterocycles. The number of nitrogens with one attached hydrogen (secondary N) is 2. The van der Waals surface area contributed by atoms with Gasteiger partial charge in [-0.05, 0) is 32.0 Å². The van der Waals surface area contributed by atoms with E-state index in [9.17, 15) is 14.4 Å². The van der Waals surface area contributed by atoms with Gasteiger partial charge in [0.05, 0.1) is 25.9 Å². The number of aromatic nitrogens is 1. The minimum absolute atomic E-state index is 0.00274. The van der Waals surface area contributed by atoms with Crippen LogP contribution in [0.4, 0.5) is 5.69 Å². The van der Waals surface area contributed by atoms with E-state index in [2.05, 4.69) is 10.3 Å². The Hall–Kier alpha value is -2.87. The monoisotopic (exact) mass is 401 g/mol. The lowest BCUT2D eigenvalue weighted by molar-refractivity contribution is -0.129. The Balaban J connectivity index is 1.87. The lowest BCUT2D eigenvalue weighted by Crippen LogP contribution is -2.48. The smallest absolute Gasteiger partial charge is 0.356 e. The zero-order valence-electron chi connectivity index (χ0n) is 17.2. The van der Waals surface area contributed by atoms with Crippen molar-refractivity contribution in [1.29, 1.82) is 0 Å². The fraction of sp³-hybridized carbons (Fsp3) is 0.476. The van der Waals surface area contributed by atoms with Crippen molar-refractivity contribution in [3.8, 4) is 5.75 Å². The van der Waals surface area contributed by atoms with Crippen molar-refractivity contribution >= 4 is 34.3 Å². The van der Waals surface area contributed by atoms with Gasteiger partial charge in [-0.2, -0.15) is 0 Å². The van der Waals surface area contributed by atoms with Crippen LogP contribution in [0.2, 0.25) is 0 Å². The second-order valence-electron chi connectivity index (χ2n) is 7.41. The highest BCUT2D eigenvalue weighted by Gasteiger charge is 2.30. The van der Waals surface area contributed by atoms with E-state index >= 15 is 0 Å². The third-order valence-electron chi connectivity index (χ3n) is 5.27. The van der Waals surface area contributed by atoms with Gasteiger partial charge in [0.15, 0.2) is 0 Å². The van der Waals surface area contributed by atoms with Gasteiger partial charge < -0.3 is 19.8 Å². The number of rotatable bonds is 6. The SMILES string of the molecule is CCOC(=O)c1[nH]c2ccc(OC)cc2c1NC(=O)CN1C[C@H](C)C(=O)C[C@@H]1C. The number of anilines is 1. The number of H-pyrrole nitrogens is 1. The van der Waals surface area contributed by atoms with Crippen LogP contribution in [-0.4, -0.2) is 60.4 Å². The first-order valence-corrected chi connectivity index (χ1v) is 9.77. The van der Waals surface area contributed by atoms with Gasteiger partial charge in [-0.1, -0.05) is 6.92 Å². The molecule has 2 aromatic rings. The minimum atomic E-state index is -0.538. The van der Waals surface area contributed by atoms with Gasteiger partial charge in [0.25, 0.3) is 0 Å². The van der Waals surface area contributed by atoms with E-state index in [1.807, 2.05) is 18.7 Å². The van der Waals surface area contributed by atoms with Crippen molar-refractivity contribution in [3.05, 3.63) is 23.9 Å². The number of benzene rings is 1. The standard InChI is InChI=1S/C21H27N3O5/c1-5-29-21(27)20-19(15-9-14(28-4)6-7-16(15)22-20)23-18(26)11-24-10-12(2)17(25)8-13(24)3/h6-7,9,12-13,22H,5,8,10-11H2,1-4H3,(H,23,26)/t12-,13-/m0/s1. The molecular formula is C21H27N3O5. The van der Waals surface area contributed by atoms with E-state index in [1.165, 1.54) is 0 Å². The molecule has 2 atom stereocenters. The molecule has 0 unspecified atom stereocenters. The molecular weight excluding hydrogens is 374 g/mol. The molecule has 1 saturated heterocycles. The zero-order valence-corrected chi connectivity index (χ0v) is 17.2. The molecule has 2 N–H and O–H groups in total. The first kappa shape index (κ1) is 20.9. The van der Waals surface area contributed by atoms with Crippen LogP contribution in [0.15, 0.2) is 18.2 Å². The predicted octanol–water partition coefficient (Wildman–Crippen LogP) is 2.59. The van der Waals surface area contributed by atoms with Gasteiger partial charge in [-0.25, -0.2) is 4.79 Å². The van der Waals surface area contributed by atoms with E-state index in [4.69, 9.17) is 9.47 Å². The van der Waals surface area contributed by atoms with Crippen molar-refractivity contribution in [2.24, 2.45) is 5.92 Å². The number of carbonyl (C=O) groups excluding carboxylic acids is 3. The maximum absolute atomic E-state index is 12.8. The number of hydrogen-bond acceptors (Lipinski definition) is 6. The Kier molecular flexibility index (Phi) is 6.22. The molecule has 8 nitrogen and oxygen atoms in total. The summed E-state index contributed by atoms with van der Waals surface area (Å²) in [5, 5.41) is 3.53. The zero-order chi connectivity index (χ0) is 21.1. The van der Waals surface area contributed by atoms with Crippen LogP contribution in [0.25, 0.3) is 10.9 Å². The third-order valence-corrected chi connectivity index (χ3v) is 5.27. The highest BCUT2D eigenvalue weighted by molar-refractivity contribution is 6.11. The fourth-order valence-electron chi connectivity index (χ4n) is 3.62. The lowest BCUT2D eigenvalue weighted by atomic mass is 9.93. The Bertz CT molecular complexity index is 936. The van der Waals surface area contributed by atoms with Gasteiger partial charge in [0, 0.05) is 35.8 Å². The first-order chi connectivity index (χ1) is 13.8. The number of nitrogens with zero attached hydrogens (tertiary/aromatic N) is 1. The molecule has 1 aromatic heterocycles. The van der Waals surface area contributed by atoms with Crippen LogP contribution >= 0.6 is 0 Å². The normalized spacial score (nSPS) is 19.9. The van der Waals surface area contributed by atoms with Crippen LogP contribution in [0, 0.1) is 5.92 Å². The van der Waals surface area contributed by atoms with Crippen LogP contribution < -0.4 is 10.1 Å². The van der Waals surface area contributed by atoms with Gasteiger partial charge in [-0.3, -0.25) is 14.5 Å². The summed E-state index contributed by atoms with van der Waals surface area (Å²) >= 11 is 0. The maximum Gasteiger partial charge on any atom is 0.356 e. The molecule has 1 aromatic carbocycles. The van der Waals surface area contributed by atoms with Crippen LogP contribution in [-0.2, 0) is 14.3 Å². The van der Waals surface area contributed by atoms with Gasteiger partial charge in [0.1, 0.15) is 17.2 Å². The van der Waals surface area contributed by atoms with E-state index in [0.717, 1.165) is 0 Å². The molecule has 8 heteroatoms. The van der Waals surface area contributed by atoms with Crippen molar-refractivity contribution in [2.45, 2.75) is 33.2 Å². The summed E-state index contributed by atoms with van der Waals surface area (Å²) in [5.74, 6) is -0.0514. The number of likely N-dealkylation sites (tertiary alicyclic amines) is 1. The van der Waals surface area contributed by atoms with E-state index in [0.29, 0.717) is 35.3 Å². The van der Waals surface area contributed by atoms with Crippen molar-refractivity contribution in [2.75, 3.05) is 32.1 Å². The molecule has 29 heavy (non-hydrogen) atoms. The molecule has 2 heterocycles. The Morgan fingerprint density at radius 3 is 2.76 bits per heavy atom. The number of Topliss-reactive ketones (excluding diaryl/α,β-unsaturated/α-hetero) is 1. The number of hydrogen-bond donors (Lipinski definition) is 2. The molecule has 156 valence electrons. The highest BCUT2D eigenvalue weighted by Crippen LogP contribution is 2.31. The molecule has 3 rings (SSSR count). The Labute approximate surface area is 169 Å². The van der Waals surface area contributed by atoms with Gasteiger partial charge in [0.2, 0.25) is 5.91 Å². The third kappa shape index (κ3) is 4.42. The largest absolute Gasteiger partial charge is 0.497 e. The molecule has 0 spiro atoms. The van der Waals surface area contributed by atoms with Crippen LogP contribution in [0.3, 0.4) is 0 Å². The molecule has 0 bridgehead atoms. The van der Waals surface area contributed by atoms with E-state index in [1.54, 1.807) is 32.2 Å². The number of ketones is 1. The summed E-state index contributed by atoms with van der Waals surface area (Å²) in [6.45, 7) is 6.45. The number of fused-ring (bicyclic) bond motifs is 1. The summed E-state index contributed by atoms with van der Waals surface area (Å²) in [4.78, 5) is 42.1. The van der Waals surface area contributed by atoms with Crippen molar-refractivity contribution in [1.82, 2.24) is 9.88 Å². The molecule has 0 saturated carbocycles. The minimum Gasteiger partial charge on any atom is -0.497 e. The maximum atomic E-state index is 12.8. The number of aromatic amines is 1. The molecule has 0 radical (unpaired) electrons. The van der Waals surface area contributed by atoms with Crippen molar-refractivity contribution < 1.29 is 23.9 Å². The quantitative estimate of drug-likeness (QED) is 0.722. The number of methoxy groups -OCH3 is 1. The molecule has 1 amide bonds. The van der Waals surface area contributed by atoms with Gasteiger partial charge in [-0.15, -0.1) is 0 Å². The second-order valence-corrected chi connectivity index (χ2v) is 7.41. The number of ether oxygens (including phenoxy) is 2. The summed E-state index contributed by atoms with van der Waals surface area (Å²) in [6.07, 6.45) is 0.437. The molecule has 0 aliphatic carbocycles. The summed E-state index contributed by atoms with van der Waals surface area (Å²) in [7, 11) is 1.55. The lowest BCUT2D eigenvalue weighted by Gasteiger charge is -2.35. The summed E-state index contributed by atoms with van der Waals surface area (Å²) < 4.78 is 10.4. The number of carbonyl (C=O) groups is 3. The molecule has 1 aliphatic rings. The highest BCUT2D eigenvalue weighted by atomic mass is 16.5. The van der Waals surface area contributed by atoms with Crippen LogP contribution in [0.1, 0.15) is 37.7 Å². The Morgan fingerprint density at radius 1 is 1.31 bits per heavy atom. The number of piperidine rings is 1. The number of amides is 1. The second kappa shape index (κ2) is 8.65. The van der Waals surface area contributed by atoms with E-state index in [-0.39, 0.29) is 42.5 Å². The predicted molar refractivity (Wildman–Crippen MR) is 109 cm³/mol. The summed E-state index contributed by atoms with van der Waals surface area (Å²) in [5.41, 5.74) is 1.25. The summed E-state index contributed by atoms with van der Waals surface area (Å²) in [6, 6.07) is 5.31. The fourth-order valence-corrected chi connectivity index (χ4v) is 3.62. The average molecular weight is 401 g/mol. The first-order valence-electron chi connectivity index (χ1n) is 9.77. The van der Waals surface area contributed by atoms with E-state index < -0.39 is 5.97 Å². The Morgan fingerprint density at radius 2 is 2.07 bits per heavy atom.